The molecule has 2 aromatic rings. The first kappa shape index (κ1) is 15.5. The van der Waals surface area contributed by atoms with E-state index >= 15 is 0 Å². The Labute approximate surface area is 126 Å². The van der Waals surface area contributed by atoms with E-state index in [-0.39, 0.29) is 12.6 Å². The molecule has 0 saturated carbocycles. The van der Waals surface area contributed by atoms with Crippen LogP contribution in [0.15, 0.2) is 48.5 Å². The van der Waals surface area contributed by atoms with Crippen LogP contribution in [-0.2, 0) is 6.42 Å². The van der Waals surface area contributed by atoms with Gasteiger partial charge in [0.15, 0.2) is 0 Å². The number of hydrogen-bond acceptors (Lipinski definition) is 3. The molecule has 3 heteroatoms. The molecule has 2 rings (SSSR count). The highest BCUT2D eigenvalue weighted by atomic mass is 16.5. The SMILES string of the molecule is Cc1cccc(OCC(O)C(N)Cc2ccccc2)c1C. The molecule has 0 radical (unpaired) electrons. The summed E-state index contributed by atoms with van der Waals surface area (Å²) in [5, 5.41) is 10.2. The molecule has 2 aromatic carbocycles. The summed E-state index contributed by atoms with van der Waals surface area (Å²) < 4.78 is 5.71. The van der Waals surface area contributed by atoms with Crippen molar-refractivity contribution in [3.05, 3.63) is 65.2 Å². The normalized spacial score (nSPS) is 13.7. The van der Waals surface area contributed by atoms with Gasteiger partial charge in [0.25, 0.3) is 0 Å². The number of aliphatic hydroxyl groups excluding tert-OH is 1. The van der Waals surface area contributed by atoms with Gasteiger partial charge in [-0.2, -0.15) is 0 Å². The topological polar surface area (TPSA) is 55.5 Å². The minimum atomic E-state index is -0.690. The molecule has 0 heterocycles. The summed E-state index contributed by atoms with van der Waals surface area (Å²) in [6.07, 6.45) is -0.0526. The van der Waals surface area contributed by atoms with Crippen LogP contribution in [0.2, 0.25) is 0 Å². The minimum absolute atomic E-state index is 0.207. The van der Waals surface area contributed by atoms with Crippen molar-refractivity contribution in [3.8, 4) is 5.75 Å². The second-order valence-electron chi connectivity index (χ2n) is 5.43. The van der Waals surface area contributed by atoms with Crippen molar-refractivity contribution in [1.29, 1.82) is 0 Å². The average Bonchev–Trinajstić information content (AvgIpc) is 2.49. The Morgan fingerprint density at radius 1 is 1.05 bits per heavy atom. The summed E-state index contributed by atoms with van der Waals surface area (Å²) in [5.41, 5.74) is 9.45. The Morgan fingerprint density at radius 2 is 1.76 bits per heavy atom. The van der Waals surface area contributed by atoms with E-state index in [0.717, 1.165) is 16.9 Å². The van der Waals surface area contributed by atoms with Gasteiger partial charge in [0.2, 0.25) is 0 Å². The third-order valence-electron chi connectivity index (χ3n) is 3.77. The van der Waals surface area contributed by atoms with Crippen LogP contribution in [0.3, 0.4) is 0 Å². The highest BCUT2D eigenvalue weighted by Crippen LogP contribution is 2.20. The molecule has 0 fully saturated rings. The van der Waals surface area contributed by atoms with Crippen molar-refractivity contribution in [2.45, 2.75) is 32.4 Å². The lowest BCUT2D eigenvalue weighted by atomic mass is 10.0. The standard InChI is InChI=1S/C18H23NO2/c1-13-7-6-10-18(14(13)2)21-12-17(20)16(19)11-15-8-4-3-5-9-15/h3-10,16-17,20H,11-12,19H2,1-2H3. The molecule has 21 heavy (non-hydrogen) atoms. The third kappa shape index (κ3) is 4.31. The van der Waals surface area contributed by atoms with E-state index in [1.807, 2.05) is 62.4 Å². The first-order valence-corrected chi connectivity index (χ1v) is 7.24. The van der Waals surface area contributed by atoms with Gasteiger partial charge in [0.05, 0.1) is 0 Å². The molecule has 0 aromatic heterocycles. The molecule has 0 amide bonds. The number of nitrogens with two attached hydrogens (primary N) is 1. The number of aliphatic hydroxyl groups is 1. The fourth-order valence-electron chi connectivity index (χ4n) is 2.20. The van der Waals surface area contributed by atoms with E-state index in [0.29, 0.717) is 6.42 Å². The molecular weight excluding hydrogens is 262 g/mol. The molecule has 112 valence electrons. The number of rotatable bonds is 6. The average molecular weight is 285 g/mol. The van der Waals surface area contributed by atoms with Crippen LogP contribution < -0.4 is 10.5 Å². The van der Waals surface area contributed by atoms with Gasteiger partial charge in [-0.3, -0.25) is 0 Å². The maximum Gasteiger partial charge on any atom is 0.122 e. The van der Waals surface area contributed by atoms with Crippen LogP contribution in [0.1, 0.15) is 16.7 Å². The number of ether oxygens (including phenoxy) is 1. The Morgan fingerprint density at radius 3 is 2.48 bits per heavy atom. The Hall–Kier alpha value is -1.84. The zero-order valence-electron chi connectivity index (χ0n) is 12.6. The molecular formula is C18H23NO2. The first-order chi connectivity index (χ1) is 10.1. The van der Waals surface area contributed by atoms with Crippen molar-refractivity contribution >= 4 is 0 Å². The Kier molecular flexibility index (Phi) is 5.37. The zero-order chi connectivity index (χ0) is 15.2. The summed E-state index contributed by atoms with van der Waals surface area (Å²) in [7, 11) is 0. The van der Waals surface area contributed by atoms with Gasteiger partial charge < -0.3 is 15.6 Å². The van der Waals surface area contributed by atoms with E-state index in [1.165, 1.54) is 5.56 Å². The summed E-state index contributed by atoms with van der Waals surface area (Å²) in [4.78, 5) is 0. The summed E-state index contributed by atoms with van der Waals surface area (Å²) in [5.74, 6) is 0.806. The van der Waals surface area contributed by atoms with Gasteiger partial charge in [-0.1, -0.05) is 42.5 Å². The maximum atomic E-state index is 10.2. The van der Waals surface area contributed by atoms with Crippen LogP contribution in [0, 0.1) is 13.8 Å². The van der Waals surface area contributed by atoms with E-state index in [1.54, 1.807) is 0 Å². The second kappa shape index (κ2) is 7.25. The van der Waals surface area contributed by atoms with Gasteiger partial charge in [-0.05, 0) is 43.0 Å². The van der Waals surface area contributed by atoms with Gasteiger partial charge in [0.1, 0.15) is 18.5 Å². The highest BCUT2D eigenvalue weighted by molar-refractivity contribution is 5.38. The molecule has 0 aliphatic rings. The van der Waals surface area contributed by atoms with Gasteiger partial charge in [-0.25, -0.2) is 0 Å². The molecule has 2 atom stereocenters. The van der Waals surface area contributed by atoms with Crippen LogP contribution in [0.4, 0.5) is 0 Å². The van der Waals surface area contributed by atoms with Crippen molar-refractivity contribution < 1.29 is 9.84 Å². The largest absolute Gasteiger partial charge is 0.491 e. The van der Waals surface area contributed by atoms with Crippen LogP contribution >= 0.6 is 0 Å². The fourth-order valence-corrected chi connectivity index (χ4v) is 2.20. The summed E-state index contributed by atoms with van der Waals surface area (Å²) in [6.45, 7) is 4.26. The molecule has 2 unspecified atom stereocenters. The quantitative estimate of drug-likeness (QED) is 0.858. The Bertz CT molecular complexity index is 569. The lowest BCUT2D eigenvalue weighted by molar-refractivity contribution is 0.0848. The second-order valence-corrected chi connectivity index (χ2v) is 5.43. The number of hydrogen-bond donors (Lipinski definition) is 2. The zero-order valence-corrected chi connectivity index (χ0v) is 12.6. The van der Waals surface area contributed by atoms with E-state index in [9.17, 15) is 5.11 Å². The Balaban J connectivity index is 1.89. The molecule has 0 bridgehead atoms. The summed E-state index contributed by atoms with van der Waals surface area (Å²) in [6, 6.07) is 15.5. The van der Waals surface area contributed by atoms with Crippen molar-refractivity contribution in [2.24, 2.45) is 5.73 Å². The molecule has 0 aliphatic carbocycles. The van der Waals surface area contributed by atoms with Crippen molar-refractivity contribution in [2.75, 3.05) is 6.61 Å². The molecule has 3 nitrogen and oxygen atoms in total. The van der Waals surface area contributed by atoms with Crippen LogP contribution in [0.25, 0.3) is 0 Å². The molecule has 0 saturated heterocycles. The lowest BCUT2D eigenvalue weighted by Crippen LogP contribution is -2.40. The number of aryl methyl sites for hydroxylation is 1. The molecule has 3 N–H and O–H groups in total. The third-order valence-corrected chi connectivity index (χ3v) is 3.77. The van der Waals surface area contributed by atoms with Crippen LogP contribution in [-0.4, -0.2) is 23.9 Å². The molecule has 0 spiro atoms. The maximum absolute atomic E-state index is 10.2. The monoisotopic (exact) mass is 285 g/mol. The fraction of sp³-hybridized carbons (Fsp3) is 0.333. The van der Waals surface area contributed by atoms with Gasteiger partial charge >= 0.3 is 0 Å². The predicted molar refractivity (Wildman–Crippen MR) is 85.5 cm³/mol. The van der Waals surface area contributed by atoms with Gasteiger partial charge in [0, 0.05) is 6.04 Å². The van der Waals surface area contributed by atoms with E-state index in [2.05, 4.69) is 0 Å². The molecule has 0 aliphatic heterocycles. The smallest absolute Gasteiger partial charge is 0.122 e. The van der Waals surface area contributed by atoms with E-state index in [4.69, 9.17) is 10.5 Å². The van der Waals surface area contributed by atoms with E-state index < -0.39 is 6.10 Å². The minimum Gasteiger partial charge on any atom is -0.491 e. The van der Waals surface area contributed by atoms with Gasteiger partial charge in [-0.15, -0.1) is 0 Å². The number of benzene rings is 2. The first-order valence-electron chi connectivity index (χ1n) is 7.24. The van der Waals surface area contributed by atoms with Crippen molar-refractivity contribution in [3.63, 3.8) is 0 Å². The van der Waals surface area contributed by atoms with Crippen LogP contribution in [0.5, 0.6) is 5.75 Å². The van der Waals surface area contributed by atoms with Crippen molar-refractivity contribution in [1.82, 2.24) is 0 Å². The summed E-state index contributed by atoms with van der Waals surface area (Å²) >= 11 is 0. The highest BCUT2D eigenvalue weighted by Gasteiger charge is 2.16. The predicted octanol–water partition coefficient (Wildman–Crippen LogP) is 2.61. The lowest BCUT2D eigenvalue weighted by Gasteiger charge is -2.20.